The zero-order valence-corrected chi connectivity index (χ0v) is 13.2. The molecular weight excluding hydrogens is 274 g/mol. The summed E-state index contributed by atoms with van der Waals surface area (Å²) in [7, 11) is 0. The summed E-state index contributed by atoms with van der Waals surface area (Å²) in [5.41, 5.74) is 0.213. The van der Waals surface area contributed by atoms with E-state index in [0.29, 0.717) is 18.4 Å². The van der Waals surface area contributed by atoms with Gasteiger partial charge in [-0.25, -0.2) is 4.98 Å². The molecule has 0 aromatic carbocycles. The number of aryl methyl sites for hydroxylation is 1. The van der Waals surface area contributed by atoms with Crippen LogP contribution in [-0.4, -0.2) is 29.0 Å². The predicted octanol–water partition coefficient (Wildman–Crippen LogP) is 3.78. The zero-order valence-electron chi connectivity index (χ0n) is 12.4. The Morgan fingerprint density at radius 2 is 2.05 bits per heavy atom. The van der Waals surface area contributed by atoms with Crippen LogP contribution in [0.4, 0.5) is 5.82 Å². The van der Waals surface area contributed by atoms with Crippen molar-refractivity contribution >= 4 is 17.4 Å². The molecule has 112 valence electrons. The van der Waals surface area contributed by atoms with Gasteiger partial charge in [-0.3, -0.25) is 0 Å². The van der Waals surface area contributed by atoms with Crippen LogP contribution >= 0.6 is 11.6 Å². The molecule has 1 fully saturated rings. The maximum Gasteiger partial charge on any atom is 0.218 e. The molecule has 4 nitrogen and oxygen atoms in total. The van der Waals surface area contributed by atoms with Crippen molar-refractivity contribution in [3.8, 4) is 5.88 Å². The SMILES string of the molecule is CCOc1cc(NCC2(CCl)CCCCC2)nc(C)n1. The molecule has 1 N–H and O–H groups in total. The smallest absolute Gasteiger partial charge is 0.218 e. The first-order valence-corrected chi connectivity index (χ1v) is 7.99. The van der Waals surface area contributed by atoms with Gasteiger partial charge in [0.1, 0.15) is 11.6 Å². The van der Waals surface area contributed by atoms with Gasteiger partial charge in [0.05, 0.1) is 6.61 Å². The molecule has 0 amide bonds. The van der Waals surface area contributed by atoms with Crippen molar-refractivity contribution in [2.75, 3.05) is 24.3 Å². The number of alkyl halides is 1. The van der Waals surface area contributed by atoms with Crippen LogP contribution in [0.3, 0.4) is 0 Å². The van der Waals surface area contributed by atoms with Crippen LogP contribution in [0, 0.1) is 12.3 Å². The number of nitrogens with zero attached hydrogens (tertiary/aromatic N) is 2. The van der Waals surface area contributed by atoms with Crippen molar-refractivity contribution in [3.05, 3.63) is 11.9 Å². The summed E-state index contributed by atoms with van der Waals surface area (Å²) in [6.07, 6.45) is 6.29. The molecule has 0 atom stereocenters. The highest BCUT2D eigenvalue weighted by atomic mass is 35.5. The third-order valence-electron chi connectivity index (χ3n) is 3.95. The lowest BCUT2D eigenvalue weighted by Crippen LogP contribution is -2.34. The molecule has 5 heteroatoms. The Hall–Kier alpha value is -1.03. The Morgan fingerprint density at radius 1 is 1.30 bits per heavy atom. The van der Waals surface area contributed by atoms with Crippen molar-refractivity contribution in [2.45, 2.75) is 46.0 Å². The lowest BCUT2D eigenvalue weighted by atomic mass is 9.75. The summed E-state index contributed by atoms with van der Waals surface area (Å²) in [5.74, 6) is 2.90. The summed E-state index contributed by atoms with van der Waals surface area (Å²) < 4.78 is 5.45. The molecule has 1 aliphatic carbocycles. The molecule has 0 saturated heterocycles. The van der Waals surface area contributed by atoms with Crippen molar-refractivity contribution < 1.29 is 4.74 Å². The normalized spacial score (nSPS) is 17.8. The van der Waals surface area contributed by atoms with Gasteiger partial charge >= 0.3 is 0 Å². The van der Waals surface area contributed by atoms with E-state index >= 15 is 0 Å². The van der Waals surface area contributed by atoms with Gasteiger partial charge in [-0.2, -0.15) is 4.98 Å². The molecule has 1 heterocycles. The van der Waals surface area contributed by atoms with E-state index in [1.165, 1.54) is 32.1 Å². The van der Waals surface area contributed by atoms with Crippen LogP contribution in [0.2, 0.25) is 0 Å². The van der Waals surface area contributed by atoms with Crippen molar-refractivity contribution in [1.82, 2.24) is 9.97 Å². The fourth-order valence-electron chi connectivity index (χ4n) is 2.79. The number of ether oxygens (including phenoxy) is 1. The topological polar surface area (TPSA) is 47.0 Å². The fourth-order valence-corrected chi connectivity index (χ4v) is 3.15. The molecule has 1 saturated carbocycles. The molecule has 0 bridgehead atoms. The summed E-state index contributed by atoms with van der Waals surface area (Å²) >= 11 is 6.22. The summed E-state index contributed by atoms with van der Waals surface area (Å²) in [6, 6.07) is 1.86. The van der Waals surface area contributed by atoms with E-state index in [1.54, 1.807) is 0 Å². The highest BCUT2D eigenvalue weighted by molar-refractivity contribution is 6.18. The number of rotatable bonds is 6. The minimum Gasteiger partial charge on any atom is -0.478 e. The van der Waals surface area contributed by atoms with Gasteiger partial charge in [0.25, 0.3) is 0 Å². The number of hydrogen-bond acceptors (Lipinski definition) is 4. The fraction of sp³-hybridized carbons (Fsp3) is 0.733. The van der Waals surface area contributed by atoms with Crippen LogP contribution in [0.25, 0.3) is 0 Å². The number of aromatic nitrogens is 2. The third kappa shape index (κ3) is 3.98. The van der Waals surface area contributed by atoms with Crippen molar-refractivity contribution in [2.24, 2.45) is 5.41 Å². The number of nitrogens with one attached hydrogen (secondary N) is 1. The summed E-state index contributed by atoms with van der Waals surface area (Å²) in [5, 5.41) is 3.43. The Kier molecular flexibility index (Phi) is 5.46. The zero-order chi connectivity index (χ0) is 14.4. The monoisotopic (exact) mass is 297 g/mol. The van der Waals surface area contributed by atoms with Gasteiger partial charge in [-0.15, -0.1) is 11.6 Å². The van der Waals surface area contributed by atoms with Crippen LogP contribution in [0.1, 0.15) is 44.9 Å². The minimum atomic E-state index is 0.213. The van der Waals surface area contributed by atoms with Crippen LogP contribution < -0.4 is 10.1 Å². The third-order valence-corrected chi connectivity index (χ3v) is 4.52. The molecular formula is C15H24ClN3O. The average Bonchev–Trinajstić information content (AvgIpc) is 2.46. The van der Waals surface area contributed by atoms with Gasteiger partial charge in [0, 0.05) is 23.9 Å². The van der Waals surface area contributed by atoms with Gasteiger partial charge in [-0.05, 0) is 26.7 Å². The standard InChI is InChI=1S/C15H24ClN3O/c1-3-20-14-9-13(18-12(2)19-14)17-11-15(10-16)7-5-4-6-8-15/h9H,3-8,10-11H2,1-2H3,(H,17,18,19). The Balaban J connectivity index is 2.02. The van der Waals surface area contributed by atoms with Crippen LogP contribution in [0.15, 0.2) is 6.07 Å². The molecule has 20 heavy (non-hydrogen) atoms. The second-order valence-electron chi connectivity index (χ2n) is 5.62. The predicted molar refractivity (Wildman–Crippen MR) is 82.7 cm³/mol. The molecule has 0 unspecified atom stereocenters. The molecule has 2 rings (SSSR count). The highest BCUT2D eigenvalue weighted by Crippen LogP contribution is 2.37. The largest absolute Gasteiger partial charge is 0.478 e. The van der Waals surface area contributed by atoms with E-state index in [2.05, 4.69) is 15.3 Å². The first-order valence-electron chi connectivity index (χ1n) is 7.46. The van der Waals surface area contributed by atoms with Gasteiger partial charge in [-0.1, -0.05) is 19.3 Å². The van der Waals surface area contributed by atoms with Gasteiger partial charge in [0.15, 0.2) is 0 Å². The lowest BCUT2D eigenvalue weighted by molar-refractivity contribution is 0.238. The van der Waals surface area contributed by atoms with E-state index < -0.39 is 0 Å². The summed E-state index contributed by atoms with van der Waals surface area (Å²) in [4.78, 5) is 8.68. The molecule has 0 spiro atoms. The van der Waals surface area contributed by atoms with E-state index in [1.807, 2.05) is 19.9 Å². The quantitative estimate of drug-likeness (QED) is 0.812. The molecule has 0 radical (unpaired) electrons. The first-order chi connectivity index (χ1) is 9.67. The van der Waals surface area contributed by atoms with E-state index in [0.717, 1.165) is 18.2 Å². The van der Waals surface area contributed by atoms with Crippen LogP contribution in [0.5, 0.6) is 5.88 Å². The van der Waals surface area contributed by atoms with Crippen LogP contribution in [-0.2, 0) is 0 Å². The lowest BCUT2D eigenvalue weighted by Gasteiger charge is -2.35. The maximum absolute atomic E-state index is 6.22. The van der Waals surface area contributed by atoms with E-state index in [9.17, 15) is 0 Å². The average molecular weight is 298 g/mol. The number of halogens is 1. The maximum atomic E-state index is 6.22. The second kappa shape index (κ2) is 7.11. The number of anilines is 1. The molecule has 0 aliphatic heterocycles. The van der Waals surface area contributed by atoms with Crippen molar-refractivity contribution in [1.29, 1.82) is 0 Å². The first kappa shape index (κ1) is 15.4. The Labute approximate surface area is 126 Å². The van der Waals surface area contributed by atoms with Crippen molar-refractivity contribution in [3.63, 3.8) is 0 Å². The van der Waals surface area contributed by atoms with Gasteiger partial charge in [0.2, 0.25) is 5.88 Å². The van der Waals surface area contributed by atoms with Gasteiger partial charge < -0.3 is 10.1 Å². The summed E-state index contributed by atoms with van der Waals surface area (Å²) in [6.45, 7) is 5.32. The second-order valence-corrected chi connectivity index (χ2v) is 5.89. The molecule has 1 aliphatic rings. The number of hydrogen-bond donors (Lipinski definition) is 1. The van der Waals surface area contributed by atoms with E-state index in [-0.39, 0.29) is 5.41 Å². The minimum absolute atomic E-state index is 0.213. The molecule has 1 aromatic rings. The van der Waals surface area contributed by atoms with E-state index in [4.69, 9.17) is 16.3 Å². The Bertz CT molecular complexity index is 433. The Morgan fingerprint density at radius 3 is 2.70 bits per heavy atom. The highest BCUT2D eigenvalue weighted by Gasteiger charge is 2.31. The molecule has 1 aromatic heterocycles.